The minimum Gasteiger partial charge on any atom is -0.496 e. The Morgan fingerprint density at radius 3 is 2.52 bits per heavy atom. The number of nitrogens with zero attached hydrogens (tertiary/aromatic N) is 6. The number of hydrogen-bond acceptors (Lipinski definition) is 7. The van der Waals surface area contributed by atoms with Gasteiger partial charge >= 0.3 is 5.97 Å². The number of ether oxygens (including phenoxy) is 2. The zero-order chi connectivity index (χ0) is 27.8. The van der Waals surface area contributed by atoms with Gasteiger partial charge in [0.2, 0.25) is 0 Å². The molecule has 0 spiro atoms. The van der Waals surface area contributed by atoms with Crippen molar-refractivity contribution in [2.75, 3.05) is 14.2 Å². The number of esters is 1. The molecule has 9 heteroatoms. The van der Waals surface area contributed by atoms with Crippen LogP contribution < -0.4 is 4.74 Å². The number of fused-ring (bicyclic) bond motifs is 3. The number of benzene rings is 2. The van der Waals surface area contributed by atoms with E-state index in [1.165, 1.54) is 7.11 Å². The molecule has 3 heterocycles. The molecule has 0 unspecified atom stereocenters. The molecule has 0 bridgehead atoms. The predicted molar refractivity (Wildman–Crippen MR) is 151 cm³/mol. The van der Waals surface area contributed by atoms with Gasteiger partial charge in [0.25, 0.3) is 0 Å². The van der Waals surface area contributed by atoms with Crippen molar-refractivity contribution in [2.45, 2.75) is 32.7 Å². The topological polar surface area (TPSA) is 97.0 Å². The first-order chi connectivity index (χ1) is 19.5. The maximum atomic E-state index is 12.0. The average molecular weight is 535 g/mol. The Morgan fingerprint density at radius 1 is 1.00 bits per heavy atom. The molecule has 0 N–H and O–H groups in total. The highest BCUT2D eigenvalue weighted by Crippen LogP contribution is 2.40. The molecule has 5 aromatic rings. The molecule has 1 aliphatic carbocycles. The van der Waals surface area contributed by atoms with Crippen LogP contribution in [0.4, 0.5) is 0 Å². The highest BCUT2D eigenvalue weighted by Gasteiger charge is 2.27. The van der Waals surface area contributed by atoms with Crippen LogP contribution >= 0.6 is 0 Å². The number of carbonyl (C=O) groups is 1. The van der Waals surface area contributed by atoms with Gasteiger partial charge in [-0.2, -0.15) is 10.2 Å². The van der Waals surface area contributed by atoms with E-state index < -0.39 is 5.97 Å². The summed E-state index contributed by atoms with van der Waals surface area (Å²) in [7, 11) is 4.94. The van der Waals surface area contributed by atoms with Crippen molar-refractivity contribution in [2.24, 2.45) is 7.05 Å². The molecular weight excluding hydrogens is 504 g/mol. The van der Waals surface area contributed by atoms with Gasteiger partial charge in [0.1, 0.15) is 11.6 Å². The molecule has 0 saturated carbocycles. The SMILES string of the molecule is CCn1cc(-c2ccc(-c3c4c(nn3C)CCc3cnc(Cc5ccc(C(=O)OC)cc5OC)nc3-4)cc2)cn1. The fraction of sp³-hybridized carbons (Fsp3) is 0.258. The number of carbonyl (C=O) groups excluding carboxylic acids is 1. The lowest BCUT2D eigenvalue weighted by molar-refractivity contribution is 0.0600. The third kappa shape index (κ3) is 4.53. The molecule has 0 radical (unpaired) electrons. The van der Waals surface area contributed by atoms with E-state index in [4.69, 9.17) is 19.6 Å². The van der Waals surface area contributed by atoms with Crippen LogP contribution in [-0.4, -0.2) is 49.7 Å². The van der Waals surface area contributed by atoms with Gasteiger partial charge in [0.05, 0.1) is 43.1 Å². The van der Waals surface area contributed by atoms with E-state index in [0.717, 1.165) is 69.8 Å². The summed E-state index contributed by atoms with van der Waals surface area (Å²) in [5, 5.41) is 9.28. The molecular formula is C31H30N6O3. The normalized spacial score (nSPS) is 12.1. The second kappa shape index (κ2) is 10.4. The minimum atomic E-state index is -0.407. The van der Waals surface area contributed by atoms with E-state index in [-0.39, 0.29) is 0 Å². The summed E-state index contributed by atoms with van der Waals surface area (Å²) in [6.07, 6.45) is 8.04. The molecule has 9 nitrogen and oxygen atoms in total. The number of hydrogen-bond donors (Lipinski definition) is 0. The summed E-state index contributed by atoms with van der Waals surface area (Å²) in [4.78, 5) is 21.7. The molecule has 3 aromatic heterocycles. The van der Waals surface area contributed by atoms with Gasteiger partial charge in [-0.25, -0.2) is 14.8 Å². The second-order valence-electron chi connectivity index (χ2n) is 9.81. The van der Waals surface area contributed by atoms with E-state index in [9.17, 15) is 4.79 Å². The molecule has 6 rings (SSSR count). The molecule has 0 atom stereocenters. The largest absolute Gasteiger partial charge is 0.496 e. The number of aryl methyl sites for hydroxylation is 4. The molecule has 0 amide bonds. The zero-order valence-electron chi connectivity index (χ0n) is 23.0. The Bertz CT molecular complexity index is 1720. The number of rotatable bonds is 7. The van der Waals surface area contributed by atoms with Crippen LogP contribution in [0.25, 0.3) is 33.6 Å². The lowest BCUT2D eigenvalue weighted by Gasteiger charge is -2.17. The van der Waals surface area contributed by atoms with Crippen LogP contribution in [0.5, 0.6) is 5.75 Å². The van der Waals surface area contributed by atoms with Gasteiger partial charge in [-0.3, -0.25) is 9.36 Å². The van der Waals surface area contributed by atoms with Crippen LogP contribution in [0.2, 0.25) is 0 Å². The molecule has 40 heavy (non-hydrogen) atoms. The first kappa shape index (κ1) is 25.5. The quantitative estimate of drug-likeness (QED) is 0.274. The van der Waals surface area contributed by atoms with E-state index in [1.807, 2.05) is 34.9 Å². The first-order valence-corrected chi connectivity index (χ1v) is 13.3. The molecule has 0 fully saturated rings. The van der Waals surface area contributed by atoms with E-state index >= 15 is 0 Å². The zero-order valence-corrected chi connectivity index (χ0v) is 23.0. The molecule has 202 valence electrons. The highest BCUT2D eigenvalue weighted by molar-refractivity contribution is 5.90. The first-order valence-electron chi connectivity index (χ1n) is 13.3. The summed E-state index contributed by atoms with van der Waals surface area (Å²) in [5.41, 5.74) is 9.80. The monoisotopic (exact) mass is 534 g/mol. The molecule has 2 aromatic carbocycles. The summed E-state index contributed by atoms with van der Waals surface area (Å²) in [6.45, 7) is 2.92. The minimum absolute atomic E-state index is 0.407. The lowest BCUT2D eigenvalue weighted by Crippen LogP contribution is -2.09. The van der Waals surface area contributed by atoms with Crippen LogP contribution in [0.3, 0.4) is 0 Å². The maximum Gasteiger partial charge on any atom is 0.337 e. The van der Waals surface area contributed by atoms with Crippen molar-refractivity contribution in [1.29, 1.82) is 0 Å². The van der Waals surface area contributed by atoms with Crippen molar-refractivity contribution >= 4 is 5.97 Å². The Labute approximate surface area is 232 Å². The third-order valence-corrected chi connectivity index (χ3v) is 7.41. The lowest BCUT2D eigenvalue weighted by atomic mass is 9.91. The fourth-order valence-electron chi connectivity index (χ4n) is 5.33. The Kier molecular flexibility index (Phi) is 6.63. The van der Waals surface area contributed by atoms with Crippen molar-refractivity contribution in [3.8, 4) is 39.4 Å². The second-order valence-corrected chi connectivity index (χ2v) is 9.81. The Hall–Kier alpha value is -4.79. The summed E-state index contributed by atoms with van der Waals surface area (Å²) in [5.74, 6) is 0.862. The van der Waals surface area contributed by atoms with E-state index in [2.05, 4.69) is 47.5 Å². The van der Waals surface area contributed by atoms with Crippen LogP contribution in [-0.2, 0) is 37.6 Å². The smallest absolute Gasteiger partial charge is 0.337 e. The molecule has 0 saturated heterocycles. The Morgan fingerprint density at radius 2 is 1.80 bits per heavy atom. The van der Waals surface area contributed by atoms with Crippen LogP contribution in [0.1, 0.15) is 39.9 Å². The van der Waals surface area contributed by atoms with Crippen LogP contribution in [0, 0.1) is 0 Å². The maximum absolute atomic E-state index is 12.0. The summed E-state index contributed by atoms with van der Waals surface area (Å²) >= 11 is 0. The van der Waals surface area contributed by atoms with Crippen molar-refractivity contribution in [3.63, 3.8) is 0 Å². The summed E-state index contributed by atoms with van der Waals surface area (Å²) < 4.78 is 14.3. The van der Waals surface area contributed by atoms with E-state index in [1.54, 1.807) is 19.2 Å². The predicted octanol–water partition coefficient (Wildman–Crippen LogP) is 4.91. The molecule has 0 aliphatic heterocycles. The van der Waals surface area contributed by atoms with Gasteiger partial charge in [-0.1, -0.05) is 30.3 Å². The van der Waals surface area contributed by atoms with Gasteiger partial charge in [0.15, 0.2) is 0 Å². The van der Waals surface area contributed by atoms with Gasteiger partial charge in [-0.05, 0) is 43.0 Å². The number of methoxy groups -OCH3 is 2. The third-order valence-electron chi connectivity index (χ3n) is 7.41. The van der Waals surface area contributed by atoms with E-state index in [0.29, 0.717) is 23.6 Å². The Balaban J connectivity index is 1.36. The fourth-order valence-corrected chi connectivity index (χ4v) is 5.33. The van der Waals surface area contributed by atoms with Gasteiger partial charge in [0, 0.05) is 54.7 Å². The van der Waals surface area contributed by atoms with Crippen molar-refractivity contribution in [3.05, 3.63) is 89.3 Å². The van der Waals surface area contributed by atoms with Crippen LogP contribution in [0.15, 0.2) is 61.1 Å². The molecule has 1 aliphatic rings. The van der Waals surface area contributed by atoms with Gasteiger partial charge < -0.3 is 9.47 Å². The number of aromatic nitrogens is 6. The highest BCUT2D eigenvalue weighted by atomic mass is 16.5. The van der Waals surface area contributed by atoms with Crippen molar-refractivity contribution < 1.29 is 14.3 Å². The van der Waals surface area contributed by atoms with Gasteiger partial charge in [-0.15, -0.1) is 0 Å². The summed E-state index contributed by atoms with van der Waals surface area (Å²) in [6, 6.07) is 13.8. The van der Waals surface area contributed by atoms with Crippen molar-refractivity contribution in [1.82, 2.24) is 29.5 Å². The standard InChI is InChI=1S/C31H30N6O3/c1-5-37-18-24(17-33-37)19-6-8-20(9-7-19)30-28-25(35-36(30)2)13-12-23-16-32-27(34-29(23)28)15-21-10-11-22(31(38)40-4)14-26(21)39-3/h6-11,14,16-18H,5,12-13,15H2,1-4H3. The average Bonchev–Trinajstić information content (AvgIpc) is 3.61.